The first-order chi connectivity index (χ1) is 9.95. The molecule has 1 aliphatic heterocycles. The Labute approximate surface area is 125 Å². The van der Waals surface area contributed by atoms with Crippen molar-refractivity contribution in [3.05, 3.63) is 30.4 Å². The fourth-order valence-corrected chi connectivity index (χ4v) is 2.92. The van der Waals surface area contributed by atoms with Crippen molar-refractivity contribution in [2.24, 2.45) is 7.05 Å². The molecule has 5 heteroatoms. The monoisotopic (exact) mass is 285 g/mol. The van der Waals surface area contributed by atoms with Gasteiger partial charge in [0.05, 0.1) is 12.0 Å². The summed E-state index contributed by atoms with van der Waals surface area (Å²) in [4.78, 5) is 9.10. The van der Waals surface area contributed by atoms with Crippen LogP contribution in [0.5, 0.6) is 0 Å². The summed E-state index contributed by atoms with van der Waals surface area (Å²) in [5.74, 6) is 0.939. The van der Waals surface area contributed by atoms with Crippen LogP contribution in [0.2, 0.25) is 0 Å². The standard InChI is InChI=1S/C16H23N5/c1-11-12(13-9-21(4)10-17-13)5-6-15(19-11)20-14-7-8-18-16(14,2)3/h5-6,9-10,14,18H,7-8H2,1-4H3,(H,19,20)/t14-/m0/s1. The second kappa shape index (κ2) is 5.15. The molecule has 0 radical (unpaired) electrons. The van der Waals surface area contributed by atoms with Crippen molar-refractivity contribution >= 4 is 5.82 Å². The normalized spacial score (nSPS) is 20.7. The number of anilines is 1. The van der Waals surface area contributed by atoms with Crippen LogP contribution < -0.4 is 10.6 Å². The van der Waals surface area contributed by atoms with E-state index in [-0.39, 0.29) is 5.54 Å². The van der Waals surface area contributed by atoms with E-state index in [1.165, 1.54) is 0 Å². The highest BCUT2D eigenvalue weighted by molar-refractivity contribution is 5.63. The molecule has 0 amide bonds. The van der Waals surface area contributed by atoms with Crippen molar-refractivity contribution in [1.29, 1.82) is 0 Å². The molecule has 1 atom stereocenters. The molecular formula is C16H23N5. The third-order valence-corrected chi connectivity index (χ3v) is 4.27. The van der Waals surface area contributed by atoms with Crippen LogP contribution >= 0.6 is 0 Å². The third-order valence-electron chi connectivity index (χ3n) is 4.27. The third kappa shape index (κ3) is 2.78. The Hall–Kier alpha value is -1.88. The topological polar surface area (TPSA) is 54.8 Å². The number of rotatable bonds is 3. The van der Waals surface area contributed by atoms with Gasteiger partial charge < -0.3 is 15.2 Å². The lowest BCUT2D eigenvalue weighted by Gasteiger charge is -2.28. The molecule has 5 nitrogen and oxygen atoms in total. The molecule has 112 valence electrons. The van der Waals surface area contributed by atoms with Crippen molar-refractivity contribution in [3.63, 3.8) is 0 Å². The van der Waals surface area contributed by atoms with Gasteiger partial charge in [0.25, 0.3) is 0 Å². The van der Waals surface area contributed by atoms with Crippen molar-refractivity contribution in [2.45, 2.75) is 38.8 Å². The first-order valence-electron chi connectivity index (χ1n) is 7.43. The van der Waals surface area contributed by atoms with Crippen molar-refractivity contribution < 1.29 is 0 Å². The van der Waals surface area contributed by atoms with Crippen LogP contribution in [-0.4, -0.2) is 32.7 Å². The van der Waals surface area contributed by atoms with E-state index >= 15 is 0 Å². The lowest BCUT2D eigenvalue weighted by atomic mass is 9.97. The molecular weight excluding hydrogens is 262 g/mol. The van der Waals surface area contributed by atoms with Gasteiger partial charge in [0, 0.05) is 36.1 Å². The highest BCUT2D eigenvalue weighted by Gasteiger charge is 2.34. The van der Waals surface area contributed by atoms with E-state index in [0.29, 0.717) is 6.04 Å². The van der Waals surface area contributed by atoms with Crippen LogP contribution in [0.25, 0.3) is 11.3 Å². The summed E-state index contributed by atoms with van der Waals surface area (Å²) in [6, 6.07) is 4.55. The maximum atomic E-state index is 4.70. The summed E-state index contributed by atoms with van der Waals surface area (Å²) < 4.78 is 1.95. The van der Waals surface area contributed by atoms with E-state index < -0.39 is 0 Å². The van der Waals surface area contributed by atoms with Gasteiger partial charge in [-0.05, 0) is 45.9 Å². The zero-order valence-corrected chi connectivity index (χ0v) is 13.1. The molecule has 0 spiro atoms. The molecule has 1 fully saturated rings. The van der Waals surface area contributed by atoms with E-state index in [4.69, 9.17) is 4.98 Å². The smallest absolute Gasteiger partial charge is 0.126 e. The van der Waals surface area contributed by atoms with E-state index in [1.54, 1.807) is 0 Å². The molecule has 0 unspecified atom stereocenters. The minimum atomic E-state index is 0.106. The number of nitrogens with zero attached hydrogens (tertiary/aromatic N) is 3. The number of aryl methyl sites for hydroxylation is 2. The molecule has 0 aromatic carbocycles. The highest BCUT2D eigenvalue weighted by atomic mass is 15.1. The predicted octanol–water partition coefficient (Wildman–Crippen LogP) is 2.34. The highest BCUT2D eigenvalue weighted by Crippen LogP contribution is 2.25. The number of aromatic nitrogens is 3. The fourth-order valence-electron chi connectivity index (χ4n) is 2.92. The van der Waals surface area contributed by atoms with Gasteiger partial charge in [-0.25, -0.2) is 9.97 Å². The average Bonchev–Trinajstić information content (AvgIpc) is 2.97. The second-order valence-corrected chi connectivity index (χ2v) is 6.39. The lowest BCUT2D eigenvalue weighted by Crippen LogP contribution is -2.45. The molecule has 3 heterocycles. The molecule has 2 N–H and O–H groups in total. The lowest BCUT2D eigenvalue weighted by molar-refractivity contribution is 0.427. The van der Waals surface area contributed by atoms with Crippen molar-refractivity contribution in [2.75, 3.05) is 11.9 Å². The molecule has 1 saturated heterocycles. The SMILES string of the molecule is Cc1nc(N[C@H]2CCNC2(C)C)ccc1-c1cn(C)cn1. The van der Waals surface area contributed by atoms with Gasteiger partial charge in [-0.3, -0.25) is 0 Å². The first kappa shape index (κ1) is 14.1. The summed E-state index contributed by atoms with van der Waals surface area (Å²) >= 11 is 0. The average molecular weight is 285 g/mol. The maximum Gasteiger partial charge on any atom is 0.126 e. The molecule has 0 bridgehead atoms. The van der Waals surface area contributed by atoms with E-state index in [2.05, 4.69) is 35.5 Å². The molecule has 0 aliphatic carbocycles. The number of imidazole rings is 1. The minimum absolute atomic E-state index is 0.106. The molecule has 3 rings (SSSR count). The molecule has 21 heavy (non-hydrogen) atoms. The van der Waals surface area contributed by atoms with Crippen molar-refractivity contribution in [3.8, 4) is 11.3 Å². The Kier molecular flexibility index (Phi) is 3.45. The number of hydrogen-bond donors (Lipinski definition) is 2. The van der Waals surface area contributed by atoms with Gasteiger partial charge in [-0.15, -0.1) is 0 Å². The first-order valence-corrected chi connectivity index (χ1v) is 7.43. The molecule has 2 aromatic rings. The van der Waals surface area contributed by atoms with Gasteiger partial charge in [0.1, 0.15) is 5.82 Å². The van der Waals surface area contributed by atoms with Gasteiger partial charge in [-0.1, -0.05) is 0 Å². The number of pyridine rings is 1. The van der Waals surface area contributed by atoms with Gasteiger partial charge >= 0.3 is 0 Å². The predicted molar refractivity (Wildman–Crippen MR) is 85.3 cm³/mol. The number of nitrogens with one attached hydrogen (secondary N) is 2. The Balaban J connectivity index is 1.81. The van der Waals surface area contributed by atoms with E-state index in [9.17, 15) is 0 Å². The molecule has 2 aromatic heterocycles. The Morgan fingerprint density at radius 2 is 2.19 bits per heavy atom. The van der Waals surface area contributed by atoms with Crippen LogP contribution in [0, 0.1) is 6.92 Å². The summed E-state index contributed by atoms with van der Waals surface area (Å²) in [7, 11) is 1.98. The number of hydrogen-bond acceptors (Lipinski definition) is 4. The molecule has 1 aliphatic rings. The van der Waals surface area contributed by atoms with Crippen LogP contribution in [-0.2, 0) is 7.05 Å². The minimum Gasteiger partial charge on any atom is -0.365 e. The summed E-state index contributed by atoms with van der Waals surface area (Å²) in [5, 5.41) is 7.07. The zero-order chi connectivity index (χ0) is 15.0. The second-order valence-electron chi connectivity index (χ2n) is 6.39. The summed E-state index contributed by atoms with van der Waals surface area (Å²) in [6.45, 7) is 7.54. The van der Waals surface area contributed by atoms with Crippen molar-refractivity contribution in [1.82, 2.24) is 19.9 Å². The van der Waals surface area contributed by atoms with Gasteiger partial charge in [0.15, 0.2) is 0 Å². The largest absolute Gasteiger partial charge is 0.365 e. The van der Waals surface area contributed by atoms with Gasteiger partial charge in [-0.2, -0.15) is 0 Å². The van der Waals surface area contributed by atoms with E-state index in [1.807, 2.05) is 37.1 Å². The Morgan fingerprint density at radius 1 is 1.38 bits per heavy atom. The quantitative estimate of drug-likeness (QED) is 0.909. The van der Waals surface area contributed by atoms with Crippen LogP contribution in [0.3, 0.4) is 0 Å². The summed E-state index contributed by atoms with van der Waals surface area (Å²) in [6.07, 6.45) is 4.95. The van der Waals surface area contributed by atoms with Crippen LogP contribution in [0.1, 0.15) is 26.0 Å². The Bertz CT molecular complexity index is 644. The fraction of sp³-hybridized carbons (Fsp3) is 0.500. The maximum absolute atomic E-state index is 4.70. The summed E-state index contributed by atoms with van der Waals surface area (Å²) in [5.41, 5.74) is 3.17. The van der Waals surface area contributed by atoms with E-state index in [0.717, 1.165) is 35.7 Å². The van der Waals surface area contributed by atoms with Gasteiger partial charge in [0.2, 0.25) is 0 Å². The molecule has 0 saturated carbocycles. The zero-order valence-electron chi connectivity index (χ0n) is 13.1. The van der Waals surface area contributed by atoms with Crippen LogP contribution in [0.15, 0.2) is 24.7 Å². The Morgan fingerprint density at radius 3 is 2.76 bits per heavy atom. The van der Waals surface area contributed by atoms with Crippen LogP contribution in [0.4, 0.5) is 5.82 Å².